The van der Waals surface area contributed by atoms with Crippen LogP contribution in [0.3, 0.4) is 0 Å². The first-order valence-corrected chi connectivity index (χ1v) is 6.57. The minimum atomic E-state index is 0.303. The van der Waals surface area contributed by atoms with Crippen LogP contribution in [0.2, 0.25) is 0 Å². The molecule has 1 aliphatic rings. The molecule has 1 N–H and O–H groups in total. The van der Waals surface area contributed by atoms with Crippen LogP contribution in [-0.2, 0) is 4.79 Å². The molecule has 1 amide bonds. The molecule has 0 radical (unpaired) electrons. The Balaban J connectivity index is 2.25. The van der Waals surface area contributed by atoms with E-state index in [2.05, 4.69) is 19.2 Å². The Morgan fingerprint density at radius 3 is 2.67 bits per heavy atom. The summed E-state index contributed by atoms with van der Waals surface area (Å²) >= 11 is 0. The van der Waals surface area contributed by atoms with Crippen molar-refractivity contribution in [2.75, 3.05) is 6.54 Å². The lowest BCUT2D eigenvalue weighted by atomic mass is 9.84. The van der Waals surface area contributed by atoms with Gasteiger partial charge in [-0.15, -0.1) is 0 Å². The molecule has 0 spiro atoms. The van der Waals surface area contributed by atoms with Crippen LogP contribution >= 0.6 is 0 Å². The molecular weight excluding hydrogens is 186 g/mol. The molecule has 1 heterocycles. The molecular formula is C13H25NO. The summed E-state index contributed by atoms with van der Waals surface area (Å²) in [6.07, 6.45) is 8.73. The Bertz CT molecular complexity index is 191. The van der Waals surface area contributed by atoms with E-state index in [1.165, 1.54) is 32.1 Å². The maximum atomic E-state index is 11.6. The van der Waals surface area contributed by atoms with Crippen LogP contribution in [0, 0.1) is 11.8 Å². The van der Waals surface area contributed by atoms with Gasteiger partial charge in [0.05, 0.1) is 0 Å². The number of carbonyl (C=O) groups excluding carboxylic acids is 1. The molecule has 0 aromatic carbocycles. The quantitative estimate of drug-likeness (QED) is 0.644. The zero-order valence-electron chi connectivity index (χ0n) is 10.2. The van der Waals surface area contributed by atoms with E-state index in [0.29, 0.717) is 17.7 Å². The van der Waals surface area contributed by atoms with E-state index in [0.717, 1.165) is 19.4 Å². The van der Waals surface area contributed by atoms with Crippen molar-refractivity contribution in [1.29, 1.82) is 0 Å². The number of rotatable bonds is 7. The van der Waals surface area contributed by atoms with Gasteiger partial charge in [-0.3, -0.25) is 4.79 Å². The first kappa shape index (κ1) is 12.5. The lowest BCUT2D eigenvalue weighted by Crippen LogP contribution is -2.24. The van der Waals surface area contributed by atoms with Crippen LogP contribution in [0.5, 0.6) is 0 Å². The van der Waals surface area contributed by atoms with Crippen LogP contribution in [0.15, 0.2) is 0 Å². The van der Waals surface area contributed by atoms with E-state index in [1.54, 1.807) is 0 Å². The molecule has 0 aromatic heterocycles. The molecule has 1 aliphatic heterocycles. The average Bonchev–Trinajstić information content (AvgIpc) is 2.65. The second-order valence-electron chi connectivity index (χ2n) is 4.70. The largest absolute Gasteiger partial charge is 0.356 e. The summed E-state index contributed by atoms with van der Waals surface area (Å²) in [5, 5.41) is 2.95. The summed E-state index contributed by atoms with van der Waals surface area (Å²) in [5.41, 5.74) is 0. The molecule has 1 fully saturated rings. The summed E-state index contributed by atoms with van der Waals surface area (Å²) in [6.45, 7) is 5.35. The fourth-order valence-corrected chi connectivity index (χ4v) is 2.59. The van der Waals surface area contributed by atoms with Gasteiger partial charge < -0.3 is 5.32 Å². The fraction of sp³-hybridized carbons (Fsp3) is 0.923. The highest BCUT2D eigenvalue weighted by Gasteiger charge is 2.30. The van der Waals surface area contributed by atoms with E-state index < -0.39 is 0 Å². The Hall–Kier alpha value is -0.530. The highest BCUT2D eigenvalue weighted by molar-refractivity contribution is 5.80. The molecule has 0 bridgehead atoms. The Morgan fingerprint density at radius 2 is 2.13 bits per heavy atom. The molecule has 2 heteroatoms. The van der Waals surface area contributed by atoms with Gasteiger partial charge in [-0.25, -0.2) is 0 Å². The highest BCUT2D eigenvalue weighted by atomic mass is 16.2. The van der Waals surface area contributed by atoms with E-state index in [4.69, 9.17) is 0 Å². The Morgan fingerprint density at radius 1 is 1.33 bits per heavy atom. The summed E-state index contributed by atoms with van der Waals surface area (Å²) in [5.74, 6) is 1.25. The van der Waals surface area contributed by atoms with Crippen LogP contribution in [0.1, 0.15) is 58.8 Å². The highest BCUT2D eigenvalue weighted by Crippen LogP contribution is 2.27. The standard InChI is InChI=1S/C13H25NO/c1-3-5-6-7-8-11(4-2)12-9-10-14-13(12)15/h11-12H,3-10H2,1-2H3,(H,14,15)/t11-,12?/m1/s1. The summed E-state index contributed by atoms with van der Waals surface area (Å²) in [6, 6.07) is 0. The van der Waals surface area contributed by atoms with Gasteiger partial charge in [-0.1, -0.05) is 46.0 Å². The molecule has 1 rings (SSSR count). The summed E-state index contributed by atoms with van der Waals surface area (Å²) in [4.78, 5) is 11.6. The van der Waals surface area contributed by atoms with Crippen molar-refractivity contribution in [3.63, 3.8) is 0 Å². The molecule has 2 nitrogen and oxygen atoms in total. The van der Waals surface area contributed by atoms with Crippen molar-refractivity contribution in [1.82, 2.24) is 5.32 Å². The molecule has 1 saturated heterocycles. The topological polar surface area (TPSA) is 29.1 Å². The lowest BCUT2D eigenvalue weighted by molar-refractivity contribution is -0.124. The van der Waals surface area contributed by atoms with Crippen LogP contribution < -0.4 is 5.32 Å². The monoisotopic (exact) mass is 211 g/mol. The van der Waals surface area contributed by atoms with Crippen molar-refractivity contribution >= 4 is 5.91 Å². The SMILES string of the molecule is CCCCCC[C@@H](CC)C1CCNC1=O. The number of hydrogen-bond acceptors (Lipinski definition) is 1. The van der Waals surface area contributed by atoms with E-state index >= 15 is 0 Å². The third-order valence-electron chi connectivity index (χ3n) is 3.61. The Labute approximate surface area is 93.8 Å². The molecule has 0 aromatic rings. The van der Waals surface area contributed by atoms with Gasteiger partial charge >= 0.3 is 0 Å². The summed E-state index contributed by atoms with van der Waals surface area (Å²) in [7, 11) is 0. The smallest absolute Gasteiger partial charge is 0.223 e. The molecule has 2 atom stereocenters. The second-order valence-corrected chi connectivity index (χ2v) is 4.70. The molecule has 0 aliphatic carbocycles. The van der Waals surface area contributed by atoms with Crippen molar-refractivity contribution in [2.24, 2.45) is 11.8 Å². The first-order valence-electron chi connectivity index (χ1n) is 6.57. The fourth-order valence-electron chi connectivity index (χ4n) is 2.59. The van der Waals surface area contributed by atoms with Gasteiger partial charge in [0.25, 0.3) is 0 Å². The third-order valence-corrected chi connectivity index (χ3v) is 3.61. The van der Waals surface area contributed by atoms with Crippen molar-refractivity contribution in [2.45, 2.75) is 58.8 Å². The van der Waals surface area contributed by atoms with Crippen LogP contribution in [0.25, 0.3) is 0 Å². The third kappa shape index (κ3) is 3.84. The lowest BCUT2D eigenvalue weighted by Gasteiger charge is -2.19. The number of unbranched alkanes of at least 4 members (excludes halogenated alkanes) is 3. The predicted molar refractivity (Wildman–Crippen MR) is 63.7 cm³/mol. The van der Waals surface area contributed by atoms with Crippen molar-refractivity contribution in [3.8, 4) is 0 Å². The Kier molecular flexibility index (Phi) is 5.74. The van der Waals surface area contributed by atoms with Crippen LogP contribution in [0.4, 0.5) is 0 Å². The maximum absolute atomic E-state index is 11.6. The van der Waals surface area contributed by atoms with Gasteiger partial charge in [-0.2, -0.15) is 0 Å². The van der Waals surface area contributed by atoms with Gasteiger partial charge in [0, 0.05) is 12.5 Å². The van der Waals surface area contributed by atoms with Crippen molar-refractivity contribution < 1.29 is 4.79 Å². The average molecular weight is 211 g/mol. The predicted octanol–water partition coefficient (Wildman–Crippen LogP) is 3.12. The van der Waals surface area contributed by atoms with E-state index in [-0.39, 0.29) is 0 Å². The minimum absolute atomic E-state index is 0.303. The number of carbonyl (C=O) groups is 1. The maximum Gasteiger partial charge on any atom is 0.223 e. The number of amides is 1. The zero-order chi connectivity index (χ0) is 11.1. The van der Waals surface area contributed by atoms with E-state index in [1.807, 2.05) is 0 Å². The minimum Gasteiger partial charge on any atom is -0.356 e. The molecule has 0 saturated carbocycles. The first-order chi connectivity index (χ1) is 7.29. The van der Waals surface area contributed by atoms with Crippen molar-refractivity contribution in [3.05, 3.63) is 0 Å². The van der Waals surface area contributed by atoms with Crippen LogP contribution in [-0.4, -0.2) is 12.5 Å². The second kappa shape index (κ2) is 6.86. The van der Waals surface area contributed by atoms with Gasteiger partial charge in [-0.05, 0) is 18.8 Å². The molecule has 88 valence electrons. The molecule has 1 unspecified atom stereocenters. The normalized spacial score (nSPS) is 22.8. The number of hydrogen-bond donors (Lipinski definition) is 1. The van der Waals surface area contributed by atoms with Gasteiger partial charge in [0.2, 0.25) is 5.91 Å². The summed E-state index contributed by atoms with van der Waals surface area (Å²) < 4.78 is 0. The zero-order valence-corrected chi connectivity index (χ0v) is 10.2. The van der Waals surface area contributed by atoms with E-state index in [9.17, 15) is 4.79 Å². The number of nitrogens with one attached hydrogen (secondary N) is 1. The molecule has 15 heavy (non-hydrogen) atoms. The van der Waals surface area contributed by atoms with Gasteiger partial charge in [0.1, 0.15) is 0 Å². The van der Waals surface area contributed by atoms with Gasteiger partial charge in [0.15, 0.2) is 0 Å².